The first-order chi connectivity index (χ1) is 11.0. The van der Waals surface area contributed by atoms with Crippen LogP contribution in [0.2, 0.25) is 5.02 Å². The van der Waals surface area contributed by atoms with Crippen molar-refractivity contribution < 1.29 is 23.0 Å². The van der Waals surface area contributed by atoms with Crippen molar-refractivity contribution in [3.05, 3.63) is 53.6 Å². The van der Waals surface area contributed by atoms with E-state index in [-0.39, 0.29) is 11.4 Å². The molecule has 2 rings (SSSR count). The van der Waals surface area contributed by atoms with Crippen molar-refractivity contribution >= 4 is 23.2 Å². The molecule has 2 aromatic carbocycles. The molecule has 0 aliphatic rings. The Bertz CT molecular complexity index is 682. The Kier molecular flexibility index (Phi) is 5.76. The summed E-state index contributed by atoms with van der Waals surface area (Å²) in [7, 11) is 0. The Morgan fingerprint density at radius 1 is 1.13 bits per heavy atom. The van der Waals surface area contributed by atoms with Crippen molar-refractivity contribution in [2.24, 2.45) is 0 Å². The van der Waals surface area contributed by atoms with Crippen LogP contribution in [0.5, 0.6) is 11.5 Å². The topological polar surface area (TPSA) is 47.6 Å². The normalized spacial score (nSPS) is 11.9. The first kappa shape index (κ1) is 17.0. The lowest BCUT2D eigenvalue weighted by atomic mass is 10.2. The van der Waals surface area contributed by atoms with Gasteiger partial charge in [-0.25, -0.2) is 0 Å². The number of ether oxygens (including phenoxy) is 2. The second kappa shape index (κ2) is 7.78. The summed E-state index contributed by atoms with van der Waals surface area (Å²) in [5.74, 6) is -0.196. The summed E-state index contributed by atoms with van der Waals surface area (Å²) in [6, 6.07) is 12.5. The van der Waals surface area contributed by atoms with Gasteiger partial charge < -0.3 is 14.8 Å². The second-order valence-electron chi connectivity index (χ2n) is 4.58. The first-order valence-electron chi connectivity index (χ1n) is 6.72. The minimum Gasteiger partial charge on any atom is -0.481 e. The van der Waals surface area contributed by atoms with Crippen LogP contribution in [0.4, 0.5) is 14.5 Å². The van der Waals surface area contributed by atoms with Crippen LogP contribution in [0.15, 0.2) is 48.5 Å². The maximum Gasteiger partial charge on any atom is 0.387 e. The van der Waals surface area contributed by atoms with Crippen molar-refractivity contribution in [2.45, 2.75) is 19.6 Å². The summed E-state index contributed by atoms with van der Waals surface area (Å²) < 4.78 is 34.5. The van der Waals surface area contributed by atoms with E-state index in [1.807, 2.05) is 0 Å². The van der Waals surface area contributed by atoms with Crippen LogP contribution in [0.25, 0.3) is 0 Å². The lowest BCUT2D eigenvalue weighted by molar-refractivity contribution is -0.122. The minimum atomic E-state index is -2.98. The molecule has 1 atom stereocenters. The Labute approximate surface area is 137 Å². The van der Waals surface area contributed by atoms with E-state index < -0.39 is 18.6 Å². The Balaban J connectivity index is 2.04. The number of carbonyl (C=O) groups excluding carboxylic acids is 1. The molecule has 2 aromatic rings. The zero-order valence-electron chi connectivity index (χ0n) is 12.1. The van der Waals surface area contributed by atoms with Crippen LogP contribution in [-0.2, 0) is 4.79 Å². The SMILES string of the molecule is CC(Oc1cccc(Cl)c1)C(=O)Nc1ccccc1OC(F)F. The molecule has 122 valence electrons. The molecule has 0 fully saturated rings. The number of carbonyl (C=O) groups is 1. The quantitative estimate of drug-likeness (QED) is 0.849. The molecule has 0 aliphatic heterocycles. The lowest BCUT2D eigenvalue weighted by Crippen LogP contribution is -2.30. The van der Waals surface area contributed by atoms with Crippen molar-refractivity contribution in [2.75, 3.05) is 5.32 Å². The van der Waals surface area contributed by atoms with Gasteiger partial charge in [0.2, 0.25) is 0 Å². The van der Waals surface area contributed by atoms with Crippen molar-refractivity contribution in [3.63, 3.8) is 0 Å². The molecule has 1 N–H and O–H groups in total. The van der Waals surface area contributed by atoms with E-state index in [0.717, 1.165) is 0 Å². The van der Waals surface area contributed by atoms with Gasteiger partial charge in [-0.1, -0.05) is 29.8 Å². The van der Waals surface area contributed by atoms with Gasteiger partial charge in [0.05, 0.1) is 5.69 Å². The fourth-order valence-electron chi connectivity index (χ4n) is 1.80. The van der Waals surface area contributed by atoms with Crippen molar-refractivity contribution in [1.29, 1.82) is 0 Å². The maximum absolute atomic E-state index is 12.3. The average molecular weight is 342 g/mol. The third-order valence-electron chi connectivity index (χ3n) is 2.84. The summed E-state index contributed by atoms with van der Waals surface area (Å²) in [6.07, 6.45) is -0.854. The van der Waals surface area contributed by atoms with E-state index in [1.165, 1.54) is 25.1 Å². The molecule has 7 heteroatoms. The van der Waals surface area contributed by atoms with E-state index in [2.05, 4.69) is 10.1 Å². The molecule has 0 heterocycles. The van der Waals surface area contributed by atoms with E-state index in [0.29, 0.717) is 10.8 Å². The number of hydrogen-bond donors (Lipinski definition) is 1. The predicted octanol–water partition coefficient (Wildman–Crippen LogP) is 4.35. The van der Waals surface area contributed by atoms with Crippen LogP contribution >= 0.6 is 11.6 Å². The standard InChI is InChI=1S/C16H14ClF2NO3/c1-10(22-12-6-4-5-11(17)9-12)15(21)20-13-7-2-3-8-14(13)23-16(18)19/h2-10,16H,1H3,(H,20,21). The zero-order chi connectivity index (χ0) is 16.8. The van der Waals surface area contributed by atoms with Crippen LogP contribution in [0.3, 0.4) is 0 Å². The molecule has 0 bridgehead atoms. The Morgan fingerprint density at radius 2 is 1.87 bits per heavy atom. The number of nitrogens with one attached hydrogen (secondary N) is 1. The number of hydrogen-bond acceptors (Lipinski definition) is 3. The molecule has 0 spiro atoms. The molecule has 23 heavy (non-hydrogen) atoms. The molecule has 0 saturated carbocycles. The van der Waals surface area contributed by atoms with E-state index in [4.69, 9.17) is 16.3 Å². The van der Waals surface area contributed by atoms with Gasteiger partial charge in [-0.2, -0.15) is 8.78 Å². The van der Waals surface area contributed by atoms with Gasteiger partial charge in [0.15, 0.2) is 6.10 Å². The van der Waals surface area contributed by atoms with Gasteiger partial charge >= 0.3 is 6.61 Å². The number of halogens is 3. The van der Waals surface area contributed by atoms with Gasteiger partial charge in [-0.3, -0.25) is 4.79 Å². The minimum absolute atomic E-state index is 0.120. The van der Waals surface area contributed by atoms with E-state index in [1.54, 1.807) is 30.3 Å². The maximum atomic E-state index is 12.3. The fourth-order valence-corrected chi connectivity index (χ4v) is 1.98. The smallest absolute Gasteiger partial charge is 0.387 e. The van der Waals surface area contributed by atoms with Crippen molar-refractivity contribution in [3.8, 4) is 11.5 Å². The number of amides is 1. The Hall–Kier alpha value is -2.34. The number of alkyl halides is 2. The first-order valence-corrected chi connectivity index (χ1v) is 7.10. The molecule has 0 aromatic heterocycles. The zero-order valence-corrected chi connectivity index (χ0v) is 12.9. The van der Waals surface area contributed by atoms with Crippen LogP contribution in [-0.4, -0.2) is 18.6 Å². The molecular formula is C16H14ClF2NO3. The highest BCUT2D eigenvalue weighted by atomic mass is 35.5. The van der Waals surface area contributed by atoms with Gasteiger partial charge in [-0.05, 0) is 37.3 Å². The van der Waals surface area contributed by atoms with Gasteiger partial charge in [0, 0.05) is 5.02 Å². The van der Waals surface area contributed by atoms with Gasteiger partial charge in [0.1, 0.15) is 11.5 Å². The van der Waals surface area contributed by atoms with Gasteiger partial charge in [-0.15, -0.1) is 0 Å². The highest BCUT2D eigenvalue weighted by Gasteiger charge is 2.17. The third kappa shape index (κ3) is 5.10. The molecule has 0 saturated heterocycles. The molecule has 0 aliphatic carbocycles. The number of anilines is 1. The molecule has 4 nitrogen and oxygen atoms in total. The van der Waals surface area contributed by atoms with E-state index in [9.17, 15) is 13.6 Å². The highest BCUT2D eigenvalue weighted by molar-refractivity contribution is 6.30. The summed E-state index contributed by atoms with van der Waals surface area (Å²) in [4.78, 5) is 12.1. The van der Waals surface area contributed by atoms with Crippen LogP contribution in [0, 0.1) is 0 Å². The molecule has 1 unspecified atom stereocenters. The number of para-hydroxylation sites is 2. The van der Waals surface area contributed by atoms with E-state index >= 15 is 0 Å². The lowest BCUT2D eigenvalue weighted by Gasteiger charge is -2.16. The summed E-state index contributed by atoms with van der Waals surface area (Å²) in [5, 5.41) is 2.97. The third-order valence-corrected chi connectivity index (χ3v) is 3.07. The largest absolute Gasteiger partial charge is 0.481 e. The van der Waals surface area contributed by atoms with Crippen LogP contribution in [0.1, 0.15) is 6.92 Å². The highest BCUT2D eigenvalue weighted by Crippen LogP contribution is 2.26. The summed E-state index contributed by atoms with van der Waals surface area (Å²) in [5.41, 5.74) is 0.138. The molecule has 0 radical (unpaired) electrons. The second-order valence-corrected chi connectivity index (χ2v) is 5.02. The number of benzene rings is 2. The van der Waals surface area contributed by atoms with Gasteiger partial charge in [0.25, 0.3) is 5.91 Å². The van der Waals surface area contributed by atoms with Crippen molar-refractivity contribution in [1.82, 2.24) is 0 Å². The number of rotatable bonds is 6. The molecular weight excluding hydrogens is 328 g/mol. The summed E-state index contributed by atoms with van der Waals surface area (Å²) >= 11 is 5.84. The van der Waals surface area contributed by atoms with Crippen LogP contribution < -0.4 is 14.8 Å². The average Bonchev–Trinajstić information content (AvgIpc) is 2.48. The predicted molar refractivity (Wildman–Crippen MR) is 83.2 cm³/mol. The Morgan fingerprint density at radius 3 is 2.57 bits per heavy atom. The summed E-state index contributed by atoms with van der Waals surface area (Å²) in [6.45, 7) is -1.44. The monoisotopic (exact) mass is 341 g/mol. The fraction of sp³-hybridized carbons (Fsp3) is 0.188. The molecule has 1 amide bonds.